The average Bonchev–Trinajstić information content (AvgIpc) is 2.84. The number of rotatable bonds is 4. The number of hydrogen-bond acceptors (Lipinski definition) is 5. The van der Waals surface area contributed by atoms with Crippen molar-refractivity contribution in [2.45, 2.75) is 6.42 Å². The van der Waals surface area contributed by atoms with E-state index in [9.17, 15) is 4.79 Å². The highest BCUT2D eigenvalue weighted by molar-refractivity contribution is 5.95. The molecule has 0 saturated carbocycles. The number of nitrogens with zero attached hydrogens (tertiary/aromatic N) is 2. The Morgan fingerprint density at radius 2 is 2.10 bits per heavy atom. The van der Waals surface area contributed by atoms with Crippen molar-refractivity contribution in [1.29, 1.82) is 5.26 Å². The van der Waals surface area contributed by atoms with Gasteiger partial charge in [0, 0.05) is 18.5 Å². The Morgan fingerprint density at radius 3 is 2.62 bits per heavy atom. The number of aliphatic hydroxyl groups is 1. The average molecular weight is 285 g/mol. The van der Waals surface area contributed by atoms with Gasteiger partial charge < -0.3 is 20.1 Å². The molecule has 3 N–H and O–H groups in total. The lowest BCUT2D eigenvalue weighted by atomic mass is 10.1. The van der Waals surface area contributed by atoms with Crippen LogP contribution in [0.1, 0.15) is 21.6 Å². The standard InChI is InChI=1S/C15H15N3O3/c1-21-15(20)14-13(17)11(8-16)9-18(14)12-4-2-10(3-5-12)6-7-19/h2-5,9,19H,6-7,17H2,1H3. The summed E-state index contributed by atoms with van der Waals surface area (Å²) in [5.41, 5.74) is 7.93. The van der Waals surface area contributed by atoms with E-state index >= 15 is 0 Å². The molecule has 0 saturated heterocycles. The highest BCUT2D eigenvalue weighted by Gasteiger charge is 2.21. The number of carbonyl (C=O) groups excluding carboxylic acids is 1. The van der Waals surface area contributed by atoms with E-state index in [0.29, 0.717) is 12.1 Å². The summed E-state index contributed by atoms with van der Waals surface area (Å²) in [6, 6.07) is 9.21. The highest BCUT2D eigenvalue weighted by atomic mass is 16.5. The number of esters is 1. The molecule has 0 unspecified atom stereocenters. The molecule has 2 rings (SSSR count). The summed E-state index contributed by atoms with van der Waals surface area (Å²) < 4.78 is 6.25. The summed E-state index contributed by atoms with van der Waals surface area (Å²) in [4.78, 5) is 11.9. The predicted octanol–water partition coefficient (Wildman–Crippen LogP) is 1.25. The second kappa shape index (κ2) is 6.11. The minimum atomic E-state index is -0.603. The molecule has 108 valence electrons. The van der Waals surface area contributed by atoms with Crippen molar-refractivity contribution in [2.24, 2.45) is 0 Å². The number of aliphatic hydroxyl groups excluding tert-OH is 1. The molecule has 0 fully saturated rings. The van der Waals surface area contributed by atoms with Gasteiger partial charge in [-0.25, -0.2) is 4.79 Å². The van der Waals surface area contributed by atoms with Gasteiger partial charge >= 0.3 is 5.97 Å². The molecule has 0 atom stereocenters. The molecule has 1 heterocycles. The molecule has 0 aliphatic carbocycles. The van der Waals surface area contributed by atoms with Crippen LogP contribution >= 0.6 is 0 Å². The highest BCUT2D eigenvalue weighted by Crippen LogP contribution is 2.24. The summed E-state index contributed by atoms with van der Waals surface area (Å²) in [6.45, 7) is 0.0712. The van der Waals surface area contributed by atoms with Gasteiger partial charge in [0.15, 0.2) is 5.69 Å². The molecule has 6 nitrogen and oxygen atoms in total. The van der Waals surface area contributed by atoms with E-state index in [2.05, 4.69) is 0 Å². The van der Waals surface area contributed by atoms with Gasteiger partial charge in [-0.3, -0.25) is 0 Å². The van der Waals surface area contributed by atoms with E-state index in [-0.39, 0.29) is 23.6 Å². The molecule has 0 spiro atoms. The summed E-state index contributed by atoms with van der Waals surface area (Å²) >= 11 is 0. The fourth-order valence-corrected chi connectivity index (χ4v) is 2.07. The van der Waals surface area contributed by atoms with E-state index in [4.69, 9.17) is 20.8 Å². The van der Waals surface area contributed by atoms with E-state index in [0.717, 1.165) is 5.56 Å². The van der Waals surface area contributed by atoms with Crippen LogP contribution in [0.5, 0.6) is 0 Å². The number of hydrogen-bond donors (Lipinski definition) is 2. The fraction of sp³-hybridized carbons (Fsp3) is 0.200. The number of nitrogens with two attached hydrogens (primary N) is 1. The van der Waals surface area contributed by atoms with Crippen molar-refractivity contribution in [3.05, 3.63) is 47.3 Å². The Labute approximate surface area is 122 Å². The summed E-state index contributed by atoms with van der Waals surface area (Å²) in [5, 5.41) is 18.0. The second-order valence-corrected chi connectivity index (χ2v) is 4.42. The number of methoxy groups -OCH3 is 1. The number of aromatic nitrogens is 1. The van der Waals surface area contributed by atoms with Crippen LogP contribution in [-0.2, 0) is 11.2 Å². The molecule has 0 aliphatic rings. The van der Waals surface area contributed by atoms with Crippen molar-refractivity contribution < 1.29 is 14.6 Å². The smallest absolute Gasteiger partial charge is 0.357 e. The van der Waals surface area contributed by atoms with Crippen molar-refractivity contribution in [3.63, 3.8) is 0 Å². The van der Waals surface area contributed by atoms with Crippen LogP contribution in [0.2, 0.25) is 0 Å². The van der Waals surface area contributed by atoms with Crippen LogP contribution in [0.25, 0.3) is 5.69 Å². The van der Waals surface area contributed by atoms with Crippen LogP contribution in [0, 0.1) is 11.3 Å². The summed E-state index contributed by atoms with van der Waals surface area (Å²) in [5.74, 6) is -0.603. The second-order valence-electron chi connectivity index (χ2n) is 4.42. The van der Waals surface area contributed by atoms with Crippen molar-refractivity contribution in [1.82, 2.24) is 4.57 Å². The van der Waals surface area contributed by atoms with Crippen LogP contribution in [0.15, 0.2) is 30.5 Å². The Hall–Kier alpha value is -2.78. The third-order valence-electron chi connectivity index (χ3n) is 3.16. The van der Waals surface area contributed by atoms with Gasteiger partial charge in [-0.05, 0) is 24.1 Å². The maximum atomic E-state index is 11.9. The normalized spacial score (nSPS) is 10.1. The summed E-state index contributed by atoms with van der Waals surface area (Å²) in [6.07, 6.45) is 2.06. The maximum absolute atomic E-state index is 11.9. The number of carbonyl (C=O) groups is 1. The van der Waals surface area contributed by atoms with Gasteiger partial charge in [0.1, 0.15) is 6.07 Å². The number of nitrogen functional groups attached to an aromatic ring is 1. The maximum Gasteiger partial charge on any atom is 0.357 e. The zero-order valence-electron chi connectivity index (χ0n) is 11.5. The van der Waals surface area contributed by atoms with E-state index in [1.165, 1.54) is 17.9 Å². The Balaban J connectivity index is 2.52. The van der Waals surface area contributed by atoms with Gasteiger partial charge in [-0.1, -0.05) is 12.1 Å². The number of anilines is 1. The van der Waals surface area contributed by atoms with Crippen LogP contribution < -0.4 is 5.73 Å². The molecule has 0 bridgehead atoms. The van der Waals surface area contributed by atoms with E-state index in [1.54, 1.807) is 12.1 Å². The Bertz CT molecular complexity index is 696. The molecule has 1 aromatic heterocycles. The molecule has 21 heavy (non-hydrogen) atoms. The largest absolute Gasteiger partial charge is 0.464 e. The minimum Gasteiger partial charge on any atom is -0.464 e. The van der Waals surface area contributed by atoms with Crippen molar-refractivity contribution >= 4 is 11.7 Å². The lowest BCUT2D eigenvalue weighted by Gasteiger charge is -2.09. The zero-order valence-corrected chi connectivity index (χ0v) is 11.5. The van der Waals surface area contributed by atoms with Gasteiger partial charge in [-0.2, -0.15) is 5.26 Å². The SMILES string of the molecule is COC(=O)c1c(N)c(C#N)cn1-c1ccc(CCO)cc1. The fourth-order valence-electron chi connectivity index (χ4n) is 2.07. The van der Waals surface area contributed by atoms with Crippen LogP contribution in [-0.4, -0.2) is 29.4 Å². The Morgan fingerprint density at radius 1 is 1.43 bits per heavy atom. The zero-order chi connectivity index (χ0) is 15.4. The van der Waals surface area contributed by atoms with Crippen molar-refractivity contribution in [3.8, 4) is 11.8 Å². The first-order valence-electron chi connectivity index (χ1n) is 6.31. The van der Waals surface area contributed by atoms with Crippen molar-refractivity contribution in [2.75, 3.05) is 19.5 Å². The molecule has 2 aromatic rings. The van der Waals surface area contributed by atoms with Crippen LogP contribution in [0.3, 0.4) is 0 Å². The molecule has 1 aromatic carbocycles. The van der Waals surface area contributed by atoms with E-state index < -0.39 is 5.97 Å². The third kappa shape index (κ3) is 2.73. The topological polar surface area (TPSA) is 101 Å². The molecule has 0 amide bonds. The minimum absolute atomic E-state index is 0.0712. The first-order chi connectivity index (χ1) is 10.1. The molecule has 0 radical (unpaired) electrons. The van der Waals surface area contributed by atoms with Gasteiger partial charge in [0.2, 0.25) is 0 Å². The molecule has 0 aliphatic heterocycles. The van der Waals surface area contributed by atoms with Crippen LogP contribution in [0.4, 0.5) is 5.69 Å². The predicted molar refractivity (Wildman–Crippen MR) is 77.0 cm³/mol. The number of ether oxygens (including phenoxy) is 1. The quantitative estimate of drug-likeness (QED) is 0.823. The first kappa shape index (κ1) is 14.6. The van der Waals surface area contributed by atoms with Gasteiger partial charge in [0.25, 0.3) is 0 Å². The Kier molecular flexibility index (Phi) is 4.26. The lowest BCUT2D eigenvalue weighted by Crippen LogP contribution is -2.11. The molecular weight excluding hydrogens is 270 g/mol. The van der Waals surface area contributed by atoms with E-state index in [1.807, 2.05) is 18.2 Å². The molecule has 6 heteroatoms. The van der Waals surface area contributed by atoms with Gasteiger partial charge in [0.05, 0.1) is 18.4 Å². The lowest BCUT2D eigenvalue weighted by molar-refractivity contribution is 0.0593. The summed E-state index contributed by atoms with van der Waals surface area (Å²) in [7, 11) is 1.26. The van der Waals surface area contributed by atoms with Gasteiger partial charge in [-0.15, -0.1) is 0 Å². The first-order valence-corrected chi connectivity index (χ1v) is 6.31. The monoisotopic (exact) mass is 285 g/mol. The number of nitriles is 1. The molecular formula is C15H15N3O3. The number of benzene rings is 1. The third-order valence-corrected chi connectivity index (χ3v) is 3.16.